The molecule has 0 bridgehead atoms. The van der Waals surface area contributed by atoms with Gasteiger partial charge in [-0.15, -0.1) is 11.3 Å². The summed E-state index contributed by atoms with van der Waals surface area (Å²) in [5.41, 5.74) is 4.58. The van der Waals surface area contributed by atoms with Crippen LogP contribution in [0.5, 0.6) is 0 Å². The fraction of sp³-hybridized carbons (Fsp3) is 0.105. The Kier molecular flexibility index (Phi) is 3.68. The smallest absolute Gasteiger partial charge is 0.194 e. The van der Waals surface area contributed by atoms with Gasteiger partial charge >= 0.3 is 0 Å². The second kappa shape index (κ2) is 5.84. The van der Waals surface area contributed by atoms with E-state index in [0.717, 1.165) is 33.2 Å². The number of halogens is 1. The van der Waals surface area contributed by atoms with Crippen LogP contribution in [-0.2, 0) is 6.42 Å². The quantitative estimate of drug-likeness (QED) is 0.474. The van der Waals surface area contributed by atoms with E-state index in [9.17, 15) is 0 Å². The molecule has 0 N–H and O–H groups in total. The zero-order valence-electron chi connectivity index (χ0n) is 12.7. The average Bonchev–Trinajstić information content (AvgIpc) is 3.09. The predicted molar refractivity (Wildman–Crippen MR) is 97.5 cm³/mol. The Bertz CT molecular complexity index is 935. The largest absolute Gasteiger partial charge is 0.297 e. The van der Waals surface area contributed by atoms with E-state index in [0.29, 0.717) is 0 Å². The molecule has 0 amide bonds. The predicted octanol–water partition coefficient (Wildman–Crippen LogP) is 5.62. The molecule has 4 rings (SSSR count). The van der Waals surface area contributed by atoms with E-state index >= 15 is 0 Å². The van der Waals surface area contributed by atoms with Gasteiger partial charge in [0.05, 0.1) is 5.69 Å². The van der Waals surface area contributed by atoms with Crippen LogP contribution in [0.4, 0.5) is 0 Å². The van der Waals surface area contributed by atoms with Crippen LogP contribution in [0.2, 0.25) is 5.02 Å². The summed E-state index contributed by atoms with van der Waals surface area (Å²) < 4.78 is 2.10. The fourth-order valence-corrected chi connectivity index (χ4v) is 3.80. The molecule has 2 heterocycles. The summed E-state index contributed by atoms with van der Waals surface area (Å²) in [6.07, 6.45) is 5.08. The Morgan fingerprint density at radius 1 is 1.04 bits per heavy atom. The van der Waals surface area contributed by atoms with E-state index in [1.165, 1.54) is 10.4 Å². The number of aromatic nitrogens is 2. The lowest BCUT2D eigenvalue weighted by Gasteiger charge is -2.00. The number of benzene rings is 2. The molecule has 0 radical (unpaired) electrons. The summed E-state index contributed by atoms with van der Waals surface area (Å²) in [5.74, 6) is 0. The van der Waals surface area contributed by atoms with E-state index in [4.69, 9.17) is 16.6 Å². The van der Waals surface area contributed by atoms with Crippen LogP contribution >= 0.6 is 22.9 Å². The molecule has 23 heavy (non-hydrogen) atoms. The zero-order chi connectivity index (χ0) is 15.8. The Morgan fingerprint density at radius 2 is 1.83 bits per heavy atom. The topological polar surface area (TPSA) is 17.3 Å². The molecule has 0 atom stereocenters. The molecule has 0 aliphatic heterocycles. The maximum absolute atomic E-state index is 6.25. The summed E-state index contributed by atoms with van der Waals surface area (Å²) >= 11 is 7.96. The third-order valence-corrected chi connectivity index (χ3v) is 5.24. The van der Waals surface area contributed by atoms with Crippen LogP contribution in [0, 0.1) is 6.92 Å². The molecule has 0 saturated heterocycles. The van der Waals surface area contributed by atoms with Crippen LogP contribution in [0.15, 0.2) is 60.9 Å². The number of fused-ring (bicyclic) bond motifs is 1. The fourth-order valence-electron chi connectivity index (χ4n) is 2.62. The van der Waals surface area contributed by atoms with Crippen LogP contribution in [0.3, 0.4) is 0 Å². The minimum atomic E-state index is 0.818. The Labute approximate surface area is 144 Å². The van der Waals surface area contributed by atoms with Crippen molar-refractivity contribution in [3.63, 3.8) is 0 Å². The molecule has 0 saturated carbocycles. The SMILES string of the molecule is Cc1ccc(-c2cn3cc(Cc4ccccc4Cl)sc3n2)cc1. The number of aryl methyl sites for hydroxylation is 1. The zero-order valence-corrected chi connectivity index (χ0v) is 14.2. The molecule has 4 heteroatoms. The molecule has 4 aromatic rings. The number of imidazole rings is 1. The minimum Gasteiger partial charge on any atom is -0.297 e. The van der Waals surface area contributed by atoms with Gasteiger partial charge in [0.25, 0.3) is 0 Å². The maximum Gasteiger partial charge on any atom is 0.194 e. The van der Waals surface area contributed by atoms with Gasteiger partial charge in [-0.2, -0.15) is 0 Å². The number of hydrogen-bond donors (Lipinski definition) is 0. The monoisotopic (exact) mass is 338 g/mol. The van der Waals surface area contributed by atoms with Crippen LogP contribution < -0.4 is 0 Å². The second-order valence-electron chi connectivity index (χ2n) is 5.65. The van der Waals surface area contributed by atoms with Crippen molar-refractivity contribution in [1.82, 2.24) is 9.38 Å². The molecule has 0 spiro atoms. The second-order valence-corrected chi connectivity index (χ2v) is 7.15. The molecular weight excluding hydrogens is 324 g/mol. The van der Waals surface area contributed by atoms with E-state index in [-0.39, 0.29) is 0 Å². The van der Waals surface area contributed by atoms with Crippen molar-refractivity contribution in [2.75, 3.05) is 0 Å². The first-order valence-electron chi connectivity index (χ1n) is 7.47. The van der Waals surface area contributed by atoms with Crippen molar-refractivity contribution in [1.29, 1.82) is 0 Å². The summed E-state index contributed by atoms with van der Waals surface area (Å²) in [4.78, 5) is 7.02. The van der Waals surface area contributed by atoms with Gasteiger partial charge in [0.1, 0.15) is 0 Å². The highest BCUT2D eigenvalue weighted by molar-refractivity contribution is 7.17. The molecule has 2 nitrogen and oxygen atoms in total. The average molecular weight is 339 g/mol. The number of nitrogens with zero attached hydrogens (tertiary/aromatic N) is 2. The van der Waals surface area contributed by atoms with Crippen molar-refractivity contribution < 1.29 is 0 Å². The molecule has 0 fully saturated rings. The lowest BCUT2D eigenvalue weighted by atomic mass is 10.1. The van der Waals surface area contributed by atoms with Crippen molar-refractivity contribution >= 4 is 27.9 Å². The van der Waals surface area contributed by atoms with Crippen molar-refractivity contribution in [2.45, 2.75) is 13.3 Å². The standard InChI is InChI=1S/C19H15ClN2S/c1-13-6-8-14(9-7-13)18-12-22-11-16(23-19(22)21-18)10-15-4-2-3-5-17(15)20/h2-9,11-12H,10H2,1H3. The highest BCUT2D eigenvalue weighted by atomic mass is 35.5. The summed E-state index contributed by atoms with van der Waals surface area (Å²) in [7, 11) is 0. The van der Waals surface area contributed by atoms with Crippen molar-refractivity contribution in [3.05, 3.63) is 82.0 Å². The van der Waals surface area contributed by atoms with Gasteiger partial charge in [-0.1, -0.05) is 59.6 Å². The van der Waals surface area contributed by atoms with E-state index in [1.54, 1.807) is 11.3 Å². The van der Waals surface area contributed by atoms with Gasteiger partial charge in [0, 0.05) is 34.3 Å². The van der Waals surface area contributed by atoms with E-state index < -0.39 is 0 Å². The van der Waals surface area contributed by atoms with Crippen LogP contribution in [0.1, 0.15) is 16.0 Å². The Morgan fingerprint density at radius 3 is 2.57 bits per heavy atom. The third-order valence-electron chi connectivity index (χ3n) is 3.87. The summed E-state index contributed by atoms with van der Waals surface area (Å²) in [6.45, 7) is 2.09. The number of rotatable bonds is 3. The van der Waals surface area contributed by atoms with Gasteiger partial charge in [-0.3, -0.25) is 4.40 Å². The molecule has 114 valence electrons. The van der Waals surface area contributed by atoms with Crippen molar-refractivity contribution in [2.24, 2.45) is 0 Å². The van der Waals surface area contributed by atoms with Gasteiger partial charge < -0.3 is 0 Å². The van der Waals surface area contributed by atoms with Gasteiger partial charge in [0.15, 0.2) is 4.96 Å². The lowest BCUT2D eigenvalue weighted by Crippen LogP contribution is -1.86. The first kappa shape index (κ1) is 14.5. The van der Waals surface area contributed by atoms with E-state index in [1.807, 2.05) is 18.2 Å². The highest BCUT2D eigenvalue weighted by Gasteiger charge is 2.09. The van der Waals surface area contributed by atoms with Crippen LogP contribution in [-0.4, -0.2) is 9.38 Å². The van der Waals surface area contributed by atoms with Gasteiger partial charge in [-0.05, 0) is 18.6 Å². The number of thiazole rings is 1. The molecular formula is C19H15ClN2S. The Hall–Kier alpha value is -2.10. The van der Waals surface area contributed by atoms with Gasteiger partial charge in [-0.25, -0.2) is 4.98 Å². The van der Waals surface area contributed by atoms with Crippen molar-refractivity contribution in [3.8, 4) is 11.3 Å². The lowest BCUT2D eigenvalue weighted by molar-refractivity contribution is 1.16. The molecule has 0 aliphatic rings. The van der Waals surface area contributed by atoms with Crippen LogP contribution in [0.25, 0.3) is 16.2 Å². The van der Waals surface area contributed by atoms with Gasteiger partial charge in [0.2, 0.25) is 0 Å². The third kappa shape index (κ3) is 2.90. The first-order valence-corrected chi connectivity index (χ1v) is 8.66. The minimum absolute atomic E-state index is 0.818. The summed E-state index contributed by atoms with van der Waals surface area (Å²) in [5, 5.41) is 0.818. The number of hydrogen-bond acceptors (Lipinski definition) is 2. The highest BCUT2D eigenvalue weighted by Crippen LogP contribution is 2.27. The first-order chi connectivity index (χ1) is 11.2. The molecule has 2 aromatic carbocycles. The van der Waals surface area contributed by atoms with E-state index in [2.05, 4.69) is 54.0 Å². The summed E-state index contributed by atoms with van der Waals surface area (Å²) in [6, 6.07) is 16.5. The molecule has 0 aliphatic carbocycles. The molecule has 2 aromatic heterocycles. The normalized spacial score (nSPS) is 11.2. The Balaban J connectivity index is 1.64. The maximum atomic E-state index is 6.25. The molecule has 0 unspecified atom stereocenters.